The van der Waals surface area contributed by atoms with E-state index in [1.807, 2.05) is 84.3 Å². The minimum Gasteiger partial charge on any atom is -0.381 e. The van der Waals surface area contributed by atoms with E-state index in [9.17, 15) is 13.6 Å². The molecule has 0 saturated carbocycles. The molecule has 5 nitrogen and oxygen atoms in total. The van der Waals surface area contributed by atoms with E-state index < -0.39 is 6.10 Å². The van der Waals surface area contributed by atoms with Gasteiger partial charge in [-0.1, -0.05) is 187 Å². The second-order valence-electron chi connectivity index (χ2n) is 20.1. The van der Waals surface area contributed by atoms with Gasteiger partial charge in [-0.15, -0.1) is 0 Å². The first kappa shape index (κ1) is 65.5. The van der Waals surface area contributed by atoms with Crippen LogP contribution in [0.4, 0.5) is 8.78 Å². The lowest BCUT2D eigenvalue weighted by Crippen LogP contribution is -2.05. The molecule has 0 aliphatic carbocycles. The Bertz CT molecular complexity index is 2450. The second-order valence-corrected chi connectivity index (χ2v) is 20.5. The largest absolute Gasteiger partial charge is 0.381 e. The smallest absolute Gasteiger partial charge is 0.241 e. The highest BCUT2D eigenvalue weighted by atomic mass is 35.5. The molecule has 0 fully saturated rings. The van der Waals surface area contributed by atoms with Crippen molar-refractivity contribution in [2.24, 2.45) is 17.6 Å². The first-order chi connectivity index (χ1) is 33.0. The first-order valence-corrected chi connectivity index (χ1v) is 25.4. The Kier molecular flexibility index (Phi) is 32.0. The average Bonchev–Trinajstić information content (AvgIpc) is 3.76. The summed E-state index contributed by atoms with van der Waals surface area (Å²) < 4.78 is 25.6. The number of hydrogen-bond donors (Lipinski definition) is 3. The van der Waals surface area contributed by atoms with Crippen molar-refractivity contribution in [3.05, 3.63) is 182 Å². The number of benzene rings is 4. The van der Waals surface area contributed by atoms with E-state index in [0.29, 0.717) is 41.4 Å². The first-order valence-electron chi connectivity index (χ1n) is 25.0. The third-order valence-electron chi connectivity index (χ3n) is 10.5. The van der Waals surface area contributed by atoms with Crippen LogP contribution < -0.4 is 5.73 Å². The zero-order valence-corrected chi connectivity index (χ0v) is 47.4. The normalized spacial score (nSPS) is 11.0. The number of aryl methyl sites for hydroxylation is 4. The van der Waals surface area contributed by atoms with E-state index in [0.717, 1.165) is 32.9 Å². The summed E-state index contributed by atoms with van der Waals surface area (Å²) in [5.74, 6) is 8.32. The van der Waals surface area contributed by atoms with Crippen LogP contribution in [0.1, 0.15) is 184 Å². The van der Waals surface area contributed by atoms with Gasteiger partial charge in [0.1, 0.15) is 23.4 Å². The molecule has 8 heteroatoms. The zero-order valence-electron chi connectivity index (χ0n) is 46.6. The topological polar surface area (TPSA) is 92.0 Å². The summed E-state index contributed by atoms with van der Waals surface area (Å²) in [4.78, 5) is 17.4. The van der Waals surface area contributed by atoms with Crippen LogP contribution in [0.2, 0.25) is 5.02 Å². The minimum absolute atomic E-state index is 0.116. The maximum absolute atomic E-state index is 12.8. The van der Waals surface area contributed by atoms with Crippen LogP contribution in [0, 0.1) is 63.0 Å². The number of carbonyl (C=O) groups is 1. The van der Waals surface area contributed by atoms with Gasteiger partial charge in [-0.05, 0) is 157 Å². The fraction of sp³-hybridized carbons (Fsp3) is 0.429. The number of aliphatic hydroxyl groups excluding tert-OH is 1. The number of fused-ring (bicyclic) bond motifs is 1. The number of nitrogens with one attached hydrogen (secondary N) is 1. The van der Waals surface area contributed by atoms with Crippen LogP contribution in [0.25, 0.3) is 11.0 Å². The van der Waals surface area contributed by atoms with Crippen molar-refractivity contribution in [2.75, 3.05) is 0 Å². The van der Waals surface area contributed by atoms with E-state index in [1.165, 1.54) is 45.3 Å². The number of aliphatic hydroxyl groups is 1. The molecule has 2 aromatic heterocycles. The number of nitrogens with two attached hydrogens (primary N) is 1. The van der Waals surface area contributed by atoms with Gasteiger partial charge in [0.05, 0.1) is 0 Å². The van der Waals surface area contributed by atoms with Crippen molar-refractivity contribution >= 4 is 28.5 Å². The molecule has 4 N–H and O–H groups in total. The van der Waals surface area contributed by atoms with Crippen molar-refractivity contribution in [1.29, 1.82) is 0 Å². The standard InChI is InChI=1S/C10H13Cl.2C10H13F.C10H12N2.C10H14.C7H12O.C6H11NO/c1-7(2)9-4-5-10(11)8(3)6-9;1-7(2)9-4-8(3)5-10(11)6-9;1-7(2)9-4-5-10(11)8(3)6-9;1-7(2)9-5-8-3-4-11-10(8)12-6-9;1-8(2)10-6-4-5-9(3)7-10;1-6(2)4-5-7(3)8;1-5(2)3-4-6(7)8/h3*4-7H,1-3H3;3-7H,1-2H3,(H,11,12);4-8H,1-3H3;6-8H,1-3H3;3-5H,1-2H3,(H2,7,8)/b;;;;;;4-3+/t;;;;;7-;/m.....1./s1. The van der Waals surface area contributed by atoms with E-state index >= 15 is 0 Å². The molecule has 1 amide bonds. The highest BCUT2D eigenvalue weighted by Gasteiger charge is 2.04. The van der Waals surface area contributed by atoms with Gasteiger partial charge in [-0.25, -0.2) is 13.8 Å². The third kappa shape index (κ3) is 30.1. The number of aromatic nitrogens is 2. The van der Waals surface area contributed by atoms with Gasteiger partial charge < -0.3 is 15.8 Å². The number of H-pyrrole nitrogens is 1. The summed E-state index contributed by atoms with van der Waals surface area (Å²) in [7, 11) is 0. The Hall–Kier alpha value is -5.55. The van der Waals surface area contributed by atoms with Crippen LogP contribution >= 0.6 is 11.6 Å². The fourth-order valence-electron chi connectivity index (χ4n) is 6.03. The molecule has 1 atom stereocenters. The summed E-state index contributed by atoms with van der Waals surface area (Å²) in [6.07, 6.45) is 6.52. The molecular weight excluding hydrogens is 904 g/mol. The summed E-state index contributed by atoms with van der Waals surface area (Å²) in [6, 6.07) is 29.5. The highest BCUT2D eigenvalue weighted by molar-refractivity contribution is 6.31. The van der Waals surface area contributed by atoms with E-state index in [1.54, 1.807) is 32.1 Å². The van der Waals surface area contributed by atoms with Crippen molar-refractivity contribution < 1.29 is 18.7 Å². The quantitative estimate of drug-likeness (QED) is 0.110. The van der Waals surface area contributed by atoms with Crippen LogP contribution in [0.15, 0.2) is 116 Å². The number of allylic oxidation sites excluding steroid dienone is 1. The Labute approximate surface area is 434 Å². The summed E-state index contributed by atoms with van der Waals surface area (Å²) in [5, 5.41) is 10.7. The number of pyridine rings is 1. The molecule has 0 spiro atoms. The molecule has 6 aromatic rings. The molecule has 0 saturated heterocycles. The second kappa shape index (κ2) is 34.7. The number of amides is 1. The Morgan fingerprint density at radius 2 is 1.14 bits per heavy atom. The zero-order chi connectivity index (χ0) is 54.5. The predicted octanol–water partition coefficient (Wildman–Crippen LogP) is 17.8. The van der Waals surface area contributed by atoms with Crippen molar-refractivity contribution in [3.63, 3.8) is 0 Å². The molecule has 388 valence electrons. The van der Waals surface area contributed by atoms with Gasteiger partial charge >= 0.3 is 0 Å². The summed E-state index contributed by atoms with van der Waals surface area (Å²) in [5.41, 5.74) is 16.4. The number of carbonyl (C=O) groups excluding carboxylic acids is 1. The fourth-order valence-corrected chi connectivity index (χ4v) is 6.15. The average molecular weight is 993 g/mol. The molecule has 0 aliphatic rings. The lowest BCUT2D eigenvalue weighted by atomic mass is 10.0. The molecule has 71 heavy (non-hydrogen) atoms. The third-order valence-corrected chi connectivity index (χ3v) is 10.9. The van der Waals surface area contributed by atoms with E-state index in [4.69, 9.17) is 22.4 Å². The summed E-state index contributed by atoms with van der Waals surface area (Å²) >= 11 is 5.89. The minimum atomic E-state index is -0.475. The SMILES string of the molecule is CC(C)/C=C/C(N)=O.CC(C)C#C[C@@H](C)O.CC(C)c1cnc2[nH]ccc2c1.Cc1cc(C(C)C)ccc1Cl.Cc1cc(C(C)C)ccc1F.Cc1cc(F)cc(C(C)C)c1.Cc1cccc(C(C)C)c1. The van der Waals surface area contributed by atoms with Crippen molar-refractivity contribution in [1.82, 2.24) is 9.97 Å². The molecule has 0 radical (unpaired) electrons. The maximum atomic E-state index is 12.8. The van der Waals surface area contributed by atoms with Crippen LogP contribution in [0.3, 0.4) is 0 Å². The van der Waals surface area contributed by atoms with Gasteiger partial charge in [-0.3, -0.25) is 4.79 Å². The Morgan fingerprint density at radius 1 is 0.620 bits per heavy atom. The van der Waals surface area contributed by atoms with Gasteiger partial charge in [0, 0.05) is 28.7 Å². The molecule has 4 aromatic carbocycles. The number of nitrogens with zero attached hydrogens (tertiary/aromatic N) is 1. The van der Waals surface area contributed by atoms with Gasteiger partial charge in [0.15, 0.2) is 0 Å². The number of aromatic amines is 1. The lowest BCUT2D eigenvalue weighted by Gasteiger charge is -2.06. The molecule has 0 aliphatic heterocycles. The number of halogens is 3. The molecule has 6 rings (SSSR count). The Balaban J connectivity index is 0.000000810. The molecule has 0 bridgehead atoms. The van der Waals surface area contributed by atoms with Crippen LogP contribution in [-0.4, -0.2) is 27.1 Å². The van der Waals surface area contributed by atoms with Gasteiger partial charge in [0.2, 0.25) is 5.91 Å². The molecule has 2 heterocycles. The van der Waals surface area contributed by atoms with E-state index in [-0.39, 0.29) is 17.5 Å². The van der Waals surface area contributed by atoms with Crippen LogP contribution in [-0.2, 0) is 4.79 Å². The van der Waals surface area contributed by atoms with Crippen LogP contribution in [0.5, 0.6) is 0 Å². The van der Waals surface area contributed by atoms with Gasteiger partial charge in [-0.2, -0.15) is 0 Å². The maximum Gasteiger partial charge on any atom is 0.241 e. The van der Waals surface area contributed by atoms with Crippen molar-refractivity contribution in [3.8, 4) is 11.8 Å². The predicted molar refractivity (Wildman–Crippen MR) is 304 cm³/mol. The van der Waals surface area contributed by atoms with E-state index in [2.05, 4.69) is 140 Å². The monoisotopic (exact) mass is 992 g/mol. The van der Waals surface area contributed by atoms with Gasteiger partial charge in [0.25, 0.3) is 0 Å². The Morgan fingerprint density at radius 3 is 1.55 bits per heavy atom. The molecule has 0 unspecified atom stereocenters. The molecular formula is C63H88ClF2N3O2. The number of hydrogen-bond acceptors (Lipinski definition) is 3. The lowest BCUT2D eigenvalue weighted by molar-refractivity contribution is -0.113. The number of rotatable bonds is 7. The number of primary amides is 1. The van der Waals surface area contributed by atoms with Crippen molar-refractivity contribution in [2.45, 2.75) is 167 Å². The highest BCUT2D eigenvalue weighted by Crippen LogP contribution is 2.22. The summed E-state index contributed by atoms with van der Waals surface area (Å²) in [6.45, 7) is 39.0.